The Morgan fingerprint density at radius 1 is 0.974 bits per heavy atom. The van der Waals surface area contributed by atoms with Gasteiger partial charge in [0.1, 0.15) is 5.75 Å². The normalized spacial score (nSPS) is 23.4. The number of likely N-dealkylation sites (tertiary alicyclic amines) is 1. The summed E-state index contributed by atoms with van der Waals surface area (Å²) in [6.45, 7) is 8.55. The summed E-state index contributed by atoms with van der Waals surface area (Å²) < 4.78 is 40.6. The Morgan fingerprint density at radius 3 is 2.18 bits per heavy atom. The Kier molecular flexibility index (Phi) is 7.34. The van der Waals surface area contributed by atoms with Crippen molar-refractivity contribution in [2.45, 2.75) is 19.3 Å². The summed E-state index contributed by atoms with van der Waals surface area (Å²) in [4.78, 5) is 32.0. The monoisotopic (exact) mass is 528 g/mol. The molecule has 1 saturated carbocycles. The van der Waals surface area contributed by atoms with Crippen molar-refractivity contribution in [1.29, 1.82) is 0 Å². The lowest BCUT2D eigenvalue weighted by Crippen LogP contribution is -2.46. The quantitative estimate of drug-likeness (QED) is 0.557. The molecule has 202 valence electrons. The molecule has 0 bridgehead atoms. The number of carbonyl (C=O) groups is 2. The number of amides is 2. The molecule has 0 spiro atoms. The second kappa shape index (κ2) is 10.7. The number of likely N-dealkylation sites (N-methyl/N-ethyl adjacent to an activating group) is 1. The van der Waals surface area contributed by atoms with Gasteiger partial charge < -0.3 is 24.8 Å². The van der Waals surface area contributed by atoms with Crippen molar-refractivity contribution in [3.8, 4) is 5.75 Å². The van der Waals surface area contributed by atoms with E-state index in [2.05, 4.69) is 26.8 Å². The number of hydrogen-bond donors (Lipinski definition) is 1. The summed E-state index contributed by atoms with van der Waals surface area (Å²) in [5, 5.41) is 2.97. The van der Waals surface area contributed by atoms with Crippen molar-refractivity contribution < 1.29 is 27.5 Å². The first kappa shape index (κ1) is 26.1. The van der Waals surface area contributed by atoms with Gasteiger partial charge in [-0.3, -0.25) is 9.59 Å². The van der Waals surface area contributed by atoms with Crippen LogP contribution in [0.15, 0.2) is 54.6 Å². The molecule has 1 aliphatic carbocycles. The maximum atomic E-state index is 13.0. The predicted octanol–water partition coefficient (Wildman–Crippen LogP) is 3.63. The van der Waals surface area contributed by atoms with Crippen LogP contribution in [0.2, 0.25) is 0 Å². The summed E-state index contributed by atoms with van der Waals surface area (Å²) in [6.07, 6.45) is -1.84. The van der Waals surface area contributed by atoms with Gasteiger partial charge >= 0.3 is 6.36 Å². The van der Waals surface area contributed by atoms with Gasteiger partial charge in [-0.1, -0.05) is 19.1 Å². The minimum atomic E-state index is -4.74. The number of piperazine rings is 1. The summed E-state index contributed by atoms with van der Waals surface area (Å²) in [6, 6.07) is 13.2. The SMILES string of the molecule is CCN1CCN(c2ccc(C(=O)N3C[C@@H]4C(NC(=O)/C=C/c5ccc(OC(F)(F)F)cc5)[C@@H]4C3)cc2)CC1. The maximum absolute atomic E-state index is 13.0. The van der Waals surface area contributed by atoms with Crippen LogP contribution in [-0.2, 0) is 4.79 Å². The first-order chi connectivity index (χ1) is 18.2. The van der Waals surface area contributed by atoms with Crippen LogP contribution < -0.4 is 15.0 Å². The number of nitrogens with one attached hydrogen (secondary N) is 1. The number of benzene rings is 2. The highest BCUT2D eigenvalue weighted by Crippen LogP contribution is 2.45. The van der Waals surface area contributed by atoms with Crippen LogP contribution in [0.3, 0.4) is 0 Å². The van der Waals surface area contributed by atoms with Gasteiger partial charge in [-0.2, -0.15) is 0 Å². The number of piperidine rings is 1. The van der Waals surface area contributed by atoms with Crippen molar-refractivity contribution in [2.24, 2.45) is 11.8 Å². The highest BCUT2D eigenvalue weighted by atomic mass is 19.4. The Labute approximate surface area is 219 Å². The number of alkyl halides is 3. The highest BCUT2D eigenvalue weighted by Gasteiger charge is 2.57. The van der Waals surface area contributed by atoms with Gasteiger partial charge in [-0.15, -0.1) is 13.2 Å². The van der Waals surface area contributed by atoms with E-state index in [0.29, 0.717) is 24.2 Å². The van der Waals surface area contributed by atoms with E-state index >= 15 is 0 Å². The van der Waals surface area contributed by atoms with Crippen LogP contribution in [0.25, 0.3) is 6.08 Å². The van der Waals surface area contributed by atoms with Gasteiger partial charge in [-0.05, 0) is 54.6 Å². The van der Waals surface area contributed by atoms with Gasteiger partial charge in [0, 0.05) is 74.5 Å². The molecule has 2 heterocycles. The van der Waals surface area contributed by atoms with E-state index in [0.717, 1.165) is 38.4 Å². The zero-order valence-electron chi connectivity index (χ0n) is 21.2. The lowest BCUT2D eigenvalue weighted by Gasteiger charge is -2.35. The molecule has 2 amide bonds. The van der Waals surface area contributed by atoms with E-state index < -0.39 is 6.36 Å². The molecular formula is C28H31F3N4O3. The Morgan fingerprint density at radius 2 is 1.61 bits per heavy atom. The molecule has 0 radical (unpaired) electrons. The molecule has 2 aliphatic heterocycles. The smallest absolute Gasteiger partial charge is 0.406 e. The first-order valence-electron chi connectivity index (χ1n) is 12.9. The number of ether oxygens (including phenoxy) is 1. The molecule has 7 nitrogen and oxygen atoms in total. The third kappa shape index (κ3) is 6.12. The molecule has 3 atom stereocenters. The fourth-order valence-corrected chi connectivity index (χ4v) is 5.39. The standard InChI is InChI=1S/C28H31F3N4O3/c1-2-33-13-15-34(16-14-33)21-8-6-20(7-9-21)27(37)35-17-23-24(18-35)26(23)32-25(36)12-5-19-3-10-22(11-4-19)38-28(29,30)31/h3-12,23-24,26H,2,13-18H2,1H3,(H,32,36)/b12-5+/t23-,24+,26?. The van der Waals surface area contributed by atoms with Crippen LogP contribution in [0.5, 0.6) is 5.75 Å². The minimum absolute atomic E-state index is 0.0162. The zero-order valence-corrected chi connectivity index (χ0v) is 21.2. The minimum Gasteiger partial charge on any atom is -0.406 e. The van der Waals surface area contributed by atoms with Crippen LogP contribution >= 0.6 is 0 Å². The van der Waals surface area contributed by atoms with Gasteiger partial charge in [-0.25, -0.2) is 0 Å². The molecule has 3 fully saturated rings. The third-order valence-electron chi connectivity index (χ3n) is 7.63. The van der Waals surface area contributed by atoms with E-state index in [9.17, 15) is 22.8 Å². The molecule has 0 aromatic heterocycles. The maximum Gasteiger partial charge on any atom is 0.573 e. The molecule has 3 aliphatic rings. The van der Waals surface area contributed by atoms with Crippen LogP contribution in [0.4, 0.5) is 18.9 Å². The van der Waals surface area contributed by atoms with Crippen molar-refractivity contribution in [1.82, 2.24) is 15.1 Å². The number of carbonyl (C=O) groups excluding carboxylic acids is 2. The molecule has 38 heavy (non-hydrogen) atoms. The number of hydrogen-bond acceptors (Lipinski definition) is 5. The fourth-order valence-electron chi connectivity index (χ4n) is 5.39. The highest BCUT2D eigenvalue weighted by molar-refractivity contribution is 5.95. The number of rotatable bonds is 7. The summed E-state index contributed by atoms with van der Waals surface area (Å²) in [5.41, 5.74) is 2.40. The van der Waals surface area contributed by atoms with Crippen LogP contribution in [-0.4, -0.2) is 79.8 Å². The van der Waals surface area contributed by atoms with Crippen molar-refractivity contribution in [2.75, 3.05) is 50.7 Å². The lowest BCUT2D eigenvalue weighted by atomic mass is 10.1. The second-order valence-corrected chi connectivity index (χ2v) is 9.99. The van der Waals surface area contributed by atoms with Gasteiger partial charge in [0.05, 0.1) is 0 Å². The molecule has 2 aromatic carbocycles. The molecule has 5 rings (SSSR count). The van der Waals surface area contributed by atoms with Crippen molar-refractivity contribution in [3.05, 3.63) is 65.7 Å². The molecule has 1 unspecified atom stereocenters. The summed E-state index contributed by atoms with van der Waals surface area (Å²) in [5.74, 6) is -0.0883. The average molecular weight is 529 g/mol. The summed E-state index contributed by atoms with van der Waals surface area (Å²) >= 11 is 0. The number of fused-ring (bicyclic) bond motifs is 1. The third-order valence-corrected chi connectivity index (χ3v) is 7.63. The van der Waals surface area contributed by atoms with Crippen molar-refractivity contribution in [3.63, 3.8) is 0 Å². The first-order valence-corrected chi connectivity index (χ1v) is 12.9. The second-order valence-electron chi connectivity index (χ2n) is 9.99. The van der Waals surface area contributed by atoms with Crippen LogP contribution in [0.1, 0.15) is 22.8 Å². The van der Waals surface area contributed by atoms with E-state index in [1.54, 1.807) is 0 Å². The molecule has 1 N–H and O–H groups in total. The summed E-state index contributed by atoms with van der Waals surface area (Å²) in [7, 11) is 0. The lowest BCUT2D eigenvalue weighted by molar-refractivity contribution is -0.274. The zero-order chi connectivity index (χ0) is 26.9. The Balaban J connectivity index is 1.06. The van der Waals surface area contributed by atoms with E-state index in [1.807, 2.05) is 29.2 Å². The van der Waals surface area contributed by atoms with Gasteiger partial charge in [0.2, 0.25) is 5.91 Å². The predicted molar refractivity (Wildman–Crippen MR) is 138 cm³/mol. The largest absolute Gasteiger partial charge is 0.573 e. The Hall–Kier alpha value is -3.53. The molecule has 2 aromatic rings. The number of halogens is 3. The Bertz CT molecular complexity index is 1160. The van der Waals surface area contributed by atoms with Crippen LogP contribution in [0, 0.1) is 11.8 Å². The van der Waals surface area contributed by atoms with Gasteiger partial charge in [0.15, 0.2) is 0 Å². The van der Waals surface area contributed by atoms with Crippen molar-refractivity contribution >= 4 is 23.6 Å². The van der Waals surface area contributed by atoms with E-state index in [4.69, 9.17) is 0 Å². The topological polar surface area (TPSA) is 65.1 Å². The molecular weight excluding hydrogens is 497 g/mol. The van der Waals surface area contributed by atoms with E-state index in [-0.39, 0.29) is 35.4 Å². The number of nitrogens with zero attached hydrogens (tertiary/aromatic N) is 3. The van der Waals surface area contributed by atoms with E-state index in [1.165, 1.54) is 36.4 Å². The average Bonchev–Trinajstić information content (AvgIpc) is 3.33. The van der Waals surface area contributed by atoms with Gasteiger partial charge in [0.25, 0.3) is 5.91 Å². The molecule has 2 saturated heterocycles. The molecule has 10 heteroatoms. The number of anilines is 1. The fraction of sp³-hybridized carbons (Fsp3) is 0.429.